The fourth-order valence-electron chi connectivity index (χ4n) is 8.79. The average molecular weight is 1020 g/mol. The van der Waals surface area contributed by atoms with Crippen LogP contribution in [0.1, 0.15) is 290 Å². The van der Waals surface area contributed by atoms with Gasteiger partial charge in [-0.15, -0.1) is 0 Å². The first-order chi connectivity index (χ1) is 34.5. The number of esters is 2. The van der Waals surface area contributed by atoms with Crippen LogP contribution in [0, 0.1) is 0 Å². The van der Waals surface area contributed by atoms with Crippen LogP contribution in [0.3, 0.4) is 0 Å². The predicted octanol–water partition coefficient (Wildman–Crippen LogP) is 18.1. The number of hydrogen-bond acceptors (Lipinski definition) is 8. The van der Waals surface area contributed by atoms with E-state index in [4.69, 9.17) is 18.5 Å². The van der Waals surface area contributed by atoms with Crippen molar-refractivity contribution in [1.82, 2.24) is 0 Å². The number of nitrogens with zero attached hydrogens (tertiary/aromatic N) is 1. The Hall–Kier alpha value is -1.77. The van der Waals surface area contributed by atoms with Gasteiger partial charge < -0.3 is 27.9 Å². The quantitative estimate of drug-likeness (QED) is 0.0195. The number of unbranched alkanes of at least 4 members (excludes halogenated alkanes) is 36. The molecule has 0 saturated carbocycles. The summed E-state index contributed by atoms with van der Waals surface area (Å²) in [6.45, 7) is 4.12. The molecule has 0 aromatic heterocycles. The standard InChI is InChI=1S/C61H116NO8P/c1-6-8-10-12-14-16-18-20-21-22-23-24-25-26-27-28-29-30-31-32-33-34-35-36-37-38-39-40-42-43-45-47-49-51-53-60(63)67-57-59(58-69-71(65,66)68-56-55-62(3,4)5)70-61(64)54-52-50-48-46-44-41-19-17-15-13-11-9-7-2/h9,11,15,17,41,44,59H,6-8,10,12-14,16,18-40,42-43,45-58H2,1-5H3/b11-9-,17-15-,44-41-. The van der Waals surface area contributed by atoms with E-state index in [0.717, 1.165) is 57.8 Å². The summed E-state index contributed by atoms with van der Waals surface area (Å²) in [5.41, 5.74) is 0. The van der Waals surface area contributed by atoms with Gasteiger partial charge in [-0.3, -0.25) is 14.2 Å². The summed E-state index contributed by atoms with van der Waals surface area (Å²) >= 11 is 0. The molecule has 2 atom stereocenters. The van der Waals surface area contributed by atoms with Crippen LogP contribution in [0.2, 0.25) is 0 Å². The fraction of sp³-hybridized carbons (Fsp3) is 0.869. The minimum absolute atomic E-state index is 0.0357. The molecule has 0 bridgehead atoms. The summed E-state index contributed by atoms with van der Waals surface area (Å²) in [4.78, 5) is 37.7. The van der Waals surface area contributed by atoms with Gasteiger partial charge in [0.25, 0.3) is 7.82 Å². The van der Waals surface area contributed by atoms with Gasteiger partial charge in [0.15, 0.2) is 6.10 Å². The van der Waals surface area contributed by atoms with Gasteiger partial charge in [-0.2, -0.15) is 0 Å². The molecule has 0 N–H and O–H groups in total. The van der Waals surface area contributed by atoms with E-state index >= 15 is 0 Å². The molecular formula is C61H116NO8P. The molecule has 9 nitrogen and oxygen atoms in total. The Labute approximate surface area is 440 Å². The molecule has 0 aliphatic heterocycles. The first-order valence-electron chi connectivity index (χ1n) is 30.2. The molecule has 0 radical (unpaired) electrons. The van der Waals surface area contributed by atoms with Crippen molar-refractivity contribution in [2.75, 3.05) is 47.5 Å². The predicted molar refractivity (Wildman–Crippen MR) is 301 cm³/mol. The number of quaternary nitrogens is 1. The summed E-state index contributed by atoms with van der Waals surface area (Å²) in [6, 6.07) is 0. The Morgan fingerprint density at radius 1 is 0.451 bits per heavy atom. The van der Waals surface area contributed by atoms with Crippen LogP contribution in [0.15, 0.2) is 36.5 Å². The molecule has 418 valence electrons. The van der Waals surface area contributed by atoms with Crippen LogP contribution in [0.25, 0.3) is 0 Å². The van der Waals surface area contributed by atoms with Gasteiger partial charge >= 0.3 is 11.9 Å². The molecule has 0 aromatic carbocycles. The van der Waals surface area contributed by atoms with E-state index in [2.05, 4.69) is 50.3 Å². The van der Waals surface area contributed by atoms with Crippen LogP contribution in [-0.4, -0.2) is 70.0 Å². The topological polar surface area (TPSA) is 111 Å². The maximum Gasteiger partial charge on any atom is 0.306 e. The maximum atomic E-state index is 12.7. The van der Waals surface area contributed by atoms with Gasteiger partial charge in [0.1, 0.15) is 19.8 Å². The largest absolute Gasteiger partial charge is 0.756 e. The van der Waals surface area contributed by atoms with Crippen LogP contribution >= 0.6 is 7.82 Å². The second-order valence-corrected chi connectivity index (χ2v) is 23.1. The van der Waals surface area contributed by atoms with Gasteiger partial charge in [-0.25, -0.2) is 0 Å². The van der Waals surface area contributed by atoms with Crippen molar-refractivity contribution in [1.29, 1.82) is 0 Å². The second kappa shape index (κ2) is 53.1. The molecule has 0 aromatic rings. The molecule has 2 unspecified atom stereocenters. The van der Waals surface area contributed by atoms with E-state index in [9.17, 15) is 19.0 Å². The Morgan fingerprint density at radius 2 is 0.803 bits per heavy atom. The van der Waals surface area contributed by atoms with Crippen LogP contribution in [0.4, 0.5) is 0 Å². The fourth-order valence-corrected chi connectivity index (χ4v) is 9.52. The minimum Gasteiger partial charge on any atom is -0.756 e. The molecule has 0 spiro atoms. The molecule has 0 fully saturated rings. The number of hydrogen-bond donors (Lipinski definition) is 0. The van der Waals surface area contributed by atoms with Crippen molar-refractivity contribution in [3.63, 3.8) is 0 Å². The monoisotopic (exact) mass is 1020 g/mol. The zero-order valence-corrected chi connectivity index (χ0v) is 48.3. The molecule has 71 heavy (non-hydrogen) atoms. The number of likely N-dealkylation sites (N-methyl/N-ethyl adjacent to an activating group) is 1. The molecule has 0 aliphatic carbocycles. The number of ether oxygens (including phenoxy) is 2. The Bertz CT molecular complexity index is 1300. The molecule has 0 amide bonds. The van der Waals surface area contributed by atoms with Gasteiger partial charge in [0, 0.05) is 12.8 Å². The Morgan fingerprint density at radius 3 is 1.20 bits per heavy atom. The van der Waals surface area contributed by atoms with Crippen molar-refractivity contribution in [2.24, 2.45) is 0 Å². The van der Waals surface area contributed by atoms with Crippen LogP contribution < -0.4 is 4.89 Å². The van der Waals surface area contributed by atoms with Gasteiger partial charge in [0.05, 0.1) is 27.7 Å². The van der Waals surface area contributed by atoms with Crippen molar-refractivity contribution in [3.8, 4) is 0 Å². The number of phosphoric acid groups is 1. The number of allylic oxidation sites excluding steroid dienone is 6. The smallest absolute Gasteiger partial charge is 0.306 e. The highest BCUT2D eigenvalue weighted by atomic mass is 31.2. The third kappa shape index (κ3) is 57.4. The van der Waals surface area contributed by atoms with Crippen LogP contribution in [0.5, 0.6) is 0 Å². The van der Waals surface area contributed by atoms with Gasteiger partial charge in [0.2, 0.25) is 0 Å². The van der Waals surface area contributed by atoms with Crippen molar-refractivity contribution in [3.05, 3.63) is 36.5 Å². The summed E-state index contributed by atoms with van der Waals surface area (Å²) < 4.78 is 34.0. The minimum atomic E-state index is -4.64. The van der Waals surface area contributed by atoms with Crippen molar-refractivity contribution >= 4 is 19.8 Å². The molecular weight excluding hydrogens is 906 g/mol. The highest BCUT2D eigenvalue weighted by molar-refractivity contribution is 7.45. The zero-order valence-electron chi connectivity index (χ0n) is 47.4. The van der Waals surface area contributed by atoms with Gasteiger partial charge in [-0.1, -0.05) is 269 Å². The summed E-state index contributed by atoms with van der Waals surface area (Å²) in [7, 11) is 1.15. The zero-order chi connectivity index (χ0) is 52.0. The van der Waals surface area contributed by atoms with E-state index in [1.165, 1.54) is 199 Å². The van der Waals surface area contributed by atoms with Crippen LogP contribution in [-0.2, 0) is 32.7 Å². The van der Waals surface area contributed by atoms with Crippen molar-refractivity contribution < 1.29 is 42.1 Å². The summed E-state index contributed by atoms with van der Waals surface area (Å²) in [5.74, 6) is -0.857. The lowest BCUT2D eigenvalue weighted by Crippen LogP contribution is -2.37. The molecule has 10 heteroatoms. The molecule has 0 aliphatic rings. The SMILES string of the molecule is CC/C=C\C/C=C\C/C=C\CCCCCC(=O)OC(COC(=O)CCCCCCCCCCCCCCCCCCCCCCCCCCCCCCCCCCCC)COP(=O)([O-])OCC[N+](C)(C)C. The number of rotatable bonds is 56. The van der Waals surface area contributed by atoms with E-state index in [0.29, 0.717) is 17.4 Å². The average Bonchev–Trinajstić information content (AvgIpc) is 3.33. The molecule has 0 heterocycles. The van der Waals surface area contributed by atoms with E-state index in [-0.39, 0.29) is 32.0 Å². The lowest BCUT2D eigenvalue weighted by Gasteiger charge is -2.28. The van der Waals surface area contributed by atoms with Gasteiger partial charge in [-0.05, 0) is 44.9 Å². The Balaban J connectivity index is 3.91. The number of carbonyl (C=O) groups excluding carboxylic acids is 2. The second-order valence-electron chi connectivity index (χ2n) is 21.7. The van der Waals surface area contributed by atoms with E-state index in [1.54, 1.807) is 0 Å². The number of phosphoric ester groups is 1. The summed E-state index contributed by atoms with van der Waals surface area (Å²) in [6.07, 6.45) is 65.3. The maximum absolute atomic E-state index is 12.7. The highest BCUT2D eigenvalue weighted by Crippen LogP contribution is 2.38. The first kappa shape index (κ1) is 69.2. The molecule has 0 rings (SSSR count). The summed E-state index contributed by atoms with van der Waals surface area (Å²) in [5, 5.41) is 0. The normalized spacial score (nSPS) is 13.5. The molecule has 0 saturated heterocycles. The third-order valence-corrected chi connectivity index (χ3v) is 14.4. The first-order valence-corrected chi connectivity index (χ1v) is 31.7. The number of carbonyl (C=O) groups is 2. The van der Waals surface area contributed by atoms with Crippen molar-refractivity contribution in [2.45, 2.75) is 296 Å². The third-order valence-electron chi connectivity index (χ3n) is 13.4. The van der Waals surface area contributed by atoms with E-state index < -0.39 is 26.5 Å². The Kier molecular flexibility index (Phi) is 51.7. The van der Waals surface area contributed by atoms with E-state index in [1.807, 2.05) is 21.1 Å². The lowest BCUT2D eigenvalue weighted by atomic mass is 10.0. The lowest BCUT2D eigenvalue weighted by molar-refractivity contribution is -0.870. The highest BCUT2D eigenvalue weighted by Gasteiger charge is 2.22.